The Morgan fingerprint density at radius 2 is 2.24 bits per heavy atom. The maximum atomic E-state index is 12.3. The Labute approximate surface area is 124 Å². The Morgan fingerprint density at radius 3 is 2.95 bits per heavy atom. The molecule has 1 fully saturated rings. The fourth-order valence-electron chi connectivity index (χ4n) is 2.07. The molecule has 9 heteroatoms. The number of rotatable bonds is 3. The van der Waals surface area contributed by atoms with E-state index in [1.54, 1.807) is 6.92 Å². The molecule has 112 valence electrons. The molecule has 3 rings (SSSR count). The van der Waals surface area contributed by atoms with Crippen LogP contribution in [0.25, 0.3) is 4.96 Å². The van der Waals surface area contributed by atoms with E-state index in [1.807, 2.05) is 4.90 Å². The van der Waals surface area contributed by atoms with Gasteiger partial charge in [0.25, 0.3) is 11.5 Å². The van der Waals surface area contributed by atoms with Gasteiger partial charge in [0.2, 0.25) is 10.1 Å². The molecule has 0 spiro atoms. The number of nitrogens with zero attached hydrogens (tertiary/aromatic N) is 4. The third kappa shape index (κ3) is 2.61. The van der Waals surface area contributed by atoms with Crippen molar-refractivity contribution in [2.75, 3.05) is 37.7 Å². The molecular formula is C12H15N5O3S. The molecule has 0 unspecified atom stereocenters. The third-order valence-electron chi connectivity index (χ3n) is 3.14. The lowest BCUT2D eigenvalue weighted by molar-refractivity contribution is 0.0953. The van der Waals surface area contributed by atoms with Crippen molar-refractivity contribution in [2.45, 2.75) is 6.92 Å². The molecule has 0 radical (unpaired) electrons. The molecule has 1 aliphatic heterocycles. The predicted molar refractivity (Wildman–Crippen MR) is 78.2 cm³/mol. The van der Waals surface area contributed by atoms with Crippen LogP contribution in [0.2, 0.25) is 0 Å². The monoisotopic (exact) mass is 309 g/mol. The van der Waals surface area contributed by atoms with Crippen LogP contribution in [-0.2, 0) is 4.74 Å². The van der Waals surface area contributed by atoms with Gasteiger partial charge in [-0.15, -0.1) is 5.10 Å². The smallest absolute Gasteiger partial charge is 0.288 e. The molecular weight excluding hydrogens is 294 g/mol. The number of ether oxygens (including phenoxy) is 1. The van der Waals surface area contributed by atoms with Gasteiger partial charge in [0, 0.05) is 25.8 Å². The first kappa shape index (κ1) is 14.0. The molecule has 1 N–H and O–H groups in total. The number of nitrogens with one attached hydrogen (secondary N) is 1. The third-order valence-corrected chi connectivity index (χ3v) is 4.12. The summed E-state index contributed by atoms with van der Waals surface area (Å²) < 4.78 is 6.49. The summed E-state index contributed by atoms with van der Waals surface area (Å²) in [7, 11) is 0. The first-order valence-electron chi connectivity index (χ1n) is 6.70. The maximum Gasteiger partial charge on any atom is 0.288 e. The molecule has 0 aliphatic carbocycles. The predicted octanol–water partition coefficient (Wildman–Crippen LogP) is -0.263. The maximum absolute atomic E-state index is 12.3. The summed E-state index contributed by atoms with van der Waals surface area (Å²) in [5, 5.41) is 7.60. The highest BCUT2D eigenvalue weighted by Gasteiger charge is 2.19. The number of hydrogen-bond acceptors (Lipinski definition) is 7. The average molecular weight is 309 g/mol. The number of hydrogen-bond donors (Lipinski definition) is 1. The van der Waals surface area contributed by atoms with E-state index in [0.717, 1.165) is 18.2 Å². The fraction of sp³-hybridized carbons (Fsp3) is 0.500. The van der Waals surface area contributed by atoms with Crippen molar-refractivity contribution < 1.29 is 9.53 Å². The van der Waals surface area contributed by atoms with Gasteiger partial charge in [0.15, 0.2) is 0 Å². The van der Waals surface area contributed by atoms with Crippen LogP contribution < -0.4 is 15.8 Å². The van der Waals surface area contributed by atoms with Crippen LogP contribution in [0.4, 0.5) is 5.13 Å². The van der Waals surface area contributed by atoms with Crippen molar-refractivity contribution in [1.82, 2.24) is 19.9 Å². The molecule has 0 saturated carbocycles. The molecule has 2 aromatic rings. The first-order valence-corrected chi connectivity index (χ1v) is 7.52. The van der Waals surface area contributed by atoms with Crippen LogP contribution in [0.5, 0.6) is 0 Å². The molecule has 3 heterocycles. The van der Waals surface area contributed by atoms with Crippen molar-refractivity contribution in [3.8, 4) is 0 Å². The summed E-state index contributed by atoms with van der Waals surface area (Å²) in [6.07, 6.45) is 1.31. The second kappa shape index (κ2) is 5.78. The van der Waals surface area contributed by atoms with Crippen LogP contribution in [0, 0.1) is 0 Å². The van der Waals surface area contributed by atoms with Gasteiger partial charge in [-0.25, -0.2) is 4.98 Å². The van der Waals surface area contributed by atoms with Crippen molar-refractivity contribution in [3.63, 3.8) is 0 Å². The summed E-state index contributed by atoms with van der Waals surface area (Å²) in [6.45, 7) is 5.00. The standard InChI is InChI=1S/C12H15N5O3S/c1-2-13-9(18)8-7-14-11-17(10(8)19)15-12(21-11)16-3-5-20-6-4-16/h7H,2-6H2,1H3,(H,13,18). The van der Waals surface area contributed by atoms with Gasteiger partial charge in [-0.1, -0.05) is 11.3 Å². The first-order chi connectivity index (χ1) is 10.2. The lowest BCUT2D eigenvalue weighted by Crippen LogP contribution is -2.36. The number of anilines is 1. The number of aromatic nitrogens is 3. The van der Waals surface area contributed by atoms with Crippen LogP contribution in [0.3, 0.4) is 0 Å². The summed E-state index contributed by atoms with van der Waals surface area (Å²) in [4.78, 5) is 30.8. The number of carbonyl (C=O) groups is 1. The lowest BCUT2D eigenvalue weighted by atomic mass is 10.3. The van der Waals surface area contributed by atoms with Gasteiger partial charge in [0.05, 0.1) is 13.2 Å². The Bertz CT molecular complexity index is 719. The zero-order valence-corrected chi connectivity index (χ0v) is 12.4. The topological polar surface area (TPSA) is 88.8 Å². The van der Waals surface area contributed by atoms with E-state index in [9.17, 15) is 9.59 Å². The lowest BCUT2D eigenvalue weighted by Gasteiger charge is -2.25. The fourth-order valence-corrected chi connectivity index (χ4v) is 2.98. The molecule has 1 aliphatic rings. The summed E-state index contributed by atoms with van der Waals surface area (Å²) in [5.41, 5.74) is -0.435. The summed E-state index contributed by atoms with van der Waals surface area (Å²) >= 11 is 1.33. The SMILES string of the molecule is CCNC(=O)c1cnc2sc(N3CCOCC3)nn2c1=O. The average Bonchev–Trinajstić information content (AvgIpc) is 2.94. The van der Waals surface area contributed by atoms with E-state index < -0.39 is 11.5 Å². The minimum Gasteiger partial charge on any atom is -0.378 e. The van der Waals surface area contributed by atoms with Gasteiger partial charge in [-0.3, -0.25) is 9.59 Å². The van der Waals surface area contributed by atoms with E-state index in [4.69, 9.17) is 4.74 Å². The highest BCUT2D eigenvalue weighted by molar-refractivity contribution is 7.20. The molecule has 8 nitrogen and oxygen atoms in total. The summed E-state index contributed by atoms with van der Waals surface area (Å²) in [5.74, 6) is -0.426. The molecule has 0 aromatic carbocycles. The summed E-state index contributed by atoms with van der Waals surface area (Å²) in [6, 6.07) is 0. The minimum atomic E-state index is -0.443. The number of amides is 1. The molecule has 1 saturated heterocycles. The van der Waals surface area contributed by atoms with Crippen LogP contribution in [0.1, 0.15) is 17.3 Å². The minimum absolute atomic E-state index is 0.00757. The van der Waals surface area contributed by atoms with Crippen molar-refractivity contribution in [1.29, 1.82) is 0 Å². The quantitative estimate of drug-likeness (QED) is 0.840. The van der Waals surface area contributed by atoms with E-state index in [0.29, 0.717) is 24.7 Å². The highest BCUT2D eigenvalue weighted by Crippen LogP contribution is 2.21. The molecule has 2 aromatic heterocycles. The Kier molecular flexibility index (Phi) is 3.84. The van der Waals surface area contributed by atoms with Gasteiger partial charge in [-0.2, -0.15) is 4.52 Å². The van der Waals surface area contributed by atoms with Gasteiger partial charge < -0.3 is 15.0 Å². The van der Waals surface area contributed by atoms with E-state index in [-0.39, 0.29) is 5.56 Å². The molecule has 0 bridgehead atoms. The van der Waals surface area contributed by atoms with E-state index in [2.05, 4.69) is 15.4 Å². The Balaban J connectivity index is 1.99. The Hall–Kier alpha value is -2.00. The Morgan fingerprint density at radius 1 is 1.48 bits per heavy atom. The van der Waals surface area contributed by atoms with Crippen molar-refractivity contribution in [3.05, 3.63) is 22.1 Å². The highest BCUT2D eigenvalue weighted by atomic mass is 32.1. The van der Waals surface area contributed by atoms with Gasteiger partial charge >= 0.3 is 0 Å². The van der Waals surface area contributed by atoms with Crippen LogP contribution >= 0.6 is 11.3 Å². The van der Waals surface area contributed by atoms with Crippen LogP contribution in [-0.4, -0.2) is 53.4 Å². The van der Waals surface area contributed by atoms with Crippen LogP contribution in [0.15, 0.2) is 11.0 Å². The van der Waals surface area contributed by atoms with Gasteiger partial charge in [0.1, 0.15) is 5.56 Å². The number of morpholine rings is 1. The van der Waals surface area contributed by atoms with Crippen molar-refractivity contribution >= 4 is 27.3 Å². The molecule has 0 atom stereocenters. The second-order valence-corrected chi connectivity index (χ2v) is 5.45. The zero-order valence-electron chi connectivity index (χ0n) is 11.5. The number of carbonyl (C=O) groups excluding carboxylic acids is 1. The van der Waals surface area contributed by atoms with E-state index >= 15 is 0 Å². The normalized spacial score (nSPS) is 15.4. The molecule has 21 heavy (non-hydrogen) atoms. The second-order valence-electron chi connectivity index (χ2n) is 4.51. The van der Waals surface area contributed by atoms with Crippen molar-refractivity contribution in [2.24, 2.45) is 0 Å². The van der Waals surface area contributed by atoms with E-state index in [1.165, 1.54) is 22.0 Å². The number of fused-ring (bicyclic) bond motifs is 1. The zero-order chi connectivity index (χ0) is 14.8. The largest absolute Gasteiger partial charge is 0.378 e. The molecule has 1 amide bonds. The van der Waals surface area contributed by atoms with Gasteiger partial charge in [-0.05, 0) is 6.92 Å².